The maximum atomic E-state index is 12.8. The first-order chi connectivity index (χ1) is 17.5. The maximum absolute atomic E-state index is 12.8. The molecule has 9 heteroatoms. The van der Waals surface area contributed by atoms with Gasteiger partial charge >= 0.3 is 197 Å². The van der Waals surface area contributed by atoms with Crippen LogP contribution in [0.4, 0.5) is 16.2 Å². The monoisotopic (exact) mass is 621 g/mol. The summed E-state index contributed by atoms with van der Waals surface area (Å²) in [5.74, 6) is 0. The molecule has 3 saturated heterocycles. The van der Waals surface area contributed by atoms with Crippen molar-refractivity contribution in [1.82, 2.24) is 4.90 Å². The number of amides is 1. The normalized spacial score (nSPS) is 24.1. The zero-order chi connectivity index (χ0) is 24.4. The van der Waals surface area contributed by atoms with Gasteiger partial charge < -0.3 is 0 Å². The molecule has 1 saturated carbocycles. The molecule has 0 radical (unpaired) electrons. The average Bonchev–Trinajstić information content (AvgIpc) is 3.54. The van der Waals surface area contributed by atoms with E-state index in [0.29, 0.717) is 6.54 Å². The molecule has 190 valence electrons. The topological polar surface area (TPSA) is 54.5 Å². The molecule has 4 aliphatic heterocycles. The van der Waals surface area contributed by atoms with Gasteiger partial charge in [-0.3, -0.25) is 0 Å². The Morgan fingerprint density at radius 2 is 1.78 bits per heavy atom. The van der Waals surface area contributed by atoms with Crippen molar-refractivity contribution in [3.63, 3.8) is 0 Å². The van der Waals surface area contributed by atoms with Crippen LogP contribution in [0.5, 0.6) is 0 Å². The number of fused-ring (bicyclic) bond motifs is 1. The van der Waals surface area contributed by atoms with E-state index < -0.39 is 25.4 Å². The molecule has 1 aliphatic carbocycles. The second-order valence-electron chi connectivity index (χ2n) is 10.3. The van der Waals surface area contributed by atoms with E-state index in [1.54, 1.807) is 4.90 Å². The van der Waals surface area contributed by atoms with Crippen LogP contribution in [0, 0.1) is 10.5 Å². The number of carbonyl (C=O) groups excluding carboxylic acids is 1. The van der Waals surface area contributed by atoms with Crippen LogP contribution < -0.4 is 10.1 Å². The van der Waals surface area contributed by atoms with Gasteiger partial charge in [0, 0.05) is 0 Å². The van der Waals surface area contributed by atoms with Gasteiger partial charge in [-0.05, 0) is 0 Å². The molecule has 36 heavy (non-hydrogen) atoms. The van der Waals surface area contributed by atoms with Gasteiger partial charge in [-0.2, -0.15) is 0 Å². The van der Waals surface area contributed by atoms with Crippen molar-refractivity contribution in [3.8, 4) is 0 Å². The number of nitrogens with zero attached hydrogens (tertiary/aromatic N) is 3. The van der Waals surface area contributed by atoms with E-state index in [1.165, 1.54) is 38.3 Å². The molecule has 7 nitrogen and oxygen atoms in total. The third-order valence-corrected chi connectivity index (χ3v) is 15.3. The van der Waals surface area contributed by atoms with E-state index in [0.717, 1.165) is 52.8 Å². The molecule has 4 heterocycles. The number of piperidine rings is 1. The number of alkyl halides is 1. The van der Waals surface area contributed by atoms with Gasteiger partial charge in [0.1, 0.15) is 0 Å². The number of carbonyl (C=O) groups is 1. The van der Waals surface area contributed by atoms with E-state index >= 15 is 0 Å². The fourth-order valence-corrected chi connectivity index (χ4v) is 13.2. The summed E-state index contributed by atoms with van der Waals surface area (Å²) < 4.78 is 11.1. The summed E-state index contributed by atoms with van der Waals surface area (Å²) in [6.45, 7) is 5.89. The summed E-state index contributed by atoms with van der Waals surface area (Å²) in [5, 5.41) is 2.35. The predicted molar refractivity (Wildman–Crippen MR) is 148 cm³/mol. The van der Waals surface area contributed by atoms with Crippen molar-refractivity contribution in [2.24, 2.45) is 0 Å². The average molecular weight is 622 g/mol. The van der Waals surface area contributed by atoms with E-state index in [-0.39, 0.29) is 12.9 Å². The van der Waals surface area contributed by atoms with Crippen LogP contribution in [0.3, 0.4) is 0 Å². The van der Waals surface area contributed by atoms with Crippen LogP contribution in [-0.4, -0.2) is 53.5 Å². The Morgan fingerprint density at radius 3 is 2.44 bits per heavy atom. The molecule has 0 unspecified atom stereocenters. The van der Waals surface area contributed by atoms with Crippen molar-refractivity contribution in [2.75, 3.05) is 43.1 Å². The Labute approximate surface area is 223 Å². The van der Waals surface area contributed by atoms with Crippen LogP contribution in [0.2, 0.25) is 5.02 Å². The van der Waals surface area contributed by atoms with Gasteiger partial charge in [0.25, 0.3) is 0 Å². The summed E-state index contributed by atoms with van der Waals surface area (Å²) in [5.41, 5.74) is 5.50. The molecule has 0 aromatic heterocycles. The van der Waals surface area contributed by atoms with Gasteiger partial charge in [0.2, 0.25) is 6.79 Å². The molecular formula is C27H29ClIN3O4. The third kappa shape index (κ3) is 4.01. The first-order valence-corrected chi connectivity index (χ1v) is 16.5. The second kappa shape index (κ2) is 8.87. The van der Waals surface area contributed by atoms with Crippen LogP contribution in [0.15, 0.2) is 40.5 Å². The van der Waals surface area contributed by atoms with Crippen LogP contribution in [0.1, 0.15) is 36.8 Å². The molecular weight excluding hydrogens is 593 g/mol. The van der Waals surface area contributed by atoms with Crippen molar-refractivity contribution < 1.29 is 19.2 Å². The quantitative estimate of drug-likeness (QED) is 0.303. The number of likely N-dealkylation sites (tertiary alicyclic amines) is 1. The van der Waals surface area contributed by atoms with Crippen LogP contribution in [0.25, 0.3) is 5.57 Å². The molecule has 5 aliphatic rings. The fraction of sp³-hybridized carbons (Fsp3) is 0.444. The first-order valence-electron chi connectivity index (χ1n) is 12.6. The molecule has 0 atom stereocenters. The summed E-state index contributed by atoms with van der Waals surface area (Å²) >= 11 is 5.39. The standard InChI is InChI=1S/C27H29ClIN3O4/c1-18-2-9-23(28)25-24(18)19(14-29(25)20-3-4-20)15-30-12-10-27(11-13-30)16-31(26(33)36-27)21-5-7-22(8-6-21)32-34-17-35-32/h2,5-9,14,20H,3-4,10-13,15-17H2,1H3. The Morgan fingerprint density at radius 1 is 1.06 bits per heavy atom. The van der Waals surface area contributed by atoms with Crippen molar-refractivity contribution in [3.05, 3.63) is 60.2 Å². The second-order valence-corrected chi connectivity index (χ2v) is 16.1. The number of benzene rings is 2. The number of rotatable bonds is 5. The summed E-state index contributed by atoms with van der Waals surface area (Å²) in [4.78, 5) is 27.5. The third-order valence-electron chi connectivity index (χ3n) is 7.77. The predicted octanol–water partition coefficient (Wildman–Crippen LogP) is 5.97. The minimum atomic E-state index is -1.35. The number of hydrogen-bond donors (Lipinski definition) is 0. The zero-order valence-corrected chi connectivity index (χ0v) is 23.1. The molecule has 0 bridgehead atoms. The minimum absolute atomic E-state index is 0.260. The molecule has 2 aromatic carbocycles. The number of anilines is 2. The Hall–Kier alpha value is -1.85. The summed E-state index contributed by atoms with van der Waals surface area (Å²) in [6, 6.07) is 11.9. The number of ether oxygens (including phenoxy) is 1. The van der Waals surface area contributed by atoms with Crippen molar-refractivity contribution >= 4 is 54.5 Å². The Bertz CT molecular complexity index is 1240. The summed E-state index contributed by atoms with van der Waals surface area (Å²) in [7, 11) is 0. The summed E-state index contributed by atoms with van der Waals surface area (Å²) in [6.07, 6.45) is 4.18. The van der Waals surface area contributed by atoms with Gasteiger partial charge in [0.05, 0.1) is 5.69 Å². The van der Waals surface area contributed by atoms with Gasteiger partial charge in [-0.25, -0.2) is 9.68 Å². The molecule has 1 spiro atoms. The van der Waals surface area contributed by atoms with E-state index in [9.17, 15) is 4.79 Å². The van der Waals surface area contributed by atoms with Crippen LogP contribution >= 0.6 is 31.4 Å². The molecule has 2 aromatic rings. The van der Waals surface area contributed by atoms with Gasteiger partial charge in [0.15, 0.2) is 0 Å². The number of aryl methyl sites for hydroxylation is 1. The van der Waals surface area contributed by atoms with E-state index in [2.05, 4.69) is 28.0 Å². The fourth-order valence-electron chi connectivity index (χ4n) is 5.61. The first kappa shape index (κ1) is 23.3. The molecule has 4 fully saturated rings. The van der Waals surface area contributed by atoms with Gasteiger partial charge in [-0.1, -0.05) is 0 Å². The molecule has 0 N–H and O–H groups in total. The van der Waals surface area contributed by atoms with Crippen molar-refractivity contribution in [1.29, 1.82) is 0 Å². The van der Waals surface area contributed by atoms with Crippen LogP contribution in [-0.2, 0) is 14.4 Å². The molecule has 1 amide bonds. The Kier molecular flexibility index (Phi) is 5.74. The number of hydrogen-bond acceptors (Lipinski definition) is 6. The molecule has 7 rings (SSSR count). The zero-order valence-electron chi connectivity index (χ0n) is 20.2. The van der Waals surface area contributed by atoms with Crippen molar-refractivity contribution in [2.45, 2.75) is 42.1 Å². The van der Waals surface area contributed by atoms with E-state index in [4.69, 9.17) is 26.0 Å². The van der Waals surface area contributed by atoms with E-state index in [1.807, 2.05) is 24.3 Å². The SMILES string of the molecule is Cc1ccc(Cl)c2c1C(CN1CCC3(CC1)CN(c1ccc(N4OCO4)cc1)C(=O)O3)=CI2C1CC1. The Balaban J connectivity index is 1.02. The van der Waals surface area contributed by atoms with Gasteiger partial charge in [-0.15, -0.1) is 5.23 Å². The number of halogens is 2.